The van der Waals surface area contributed by atoms with Gasteiger partial charge in [-0.15, -0.1) is 11.8 Å². The molecule has 53 heavy (non-hydrogen) atoms. The lowest BCUT2D eigenvalue weighted by atomic mass is 10.0. The van der Waals surface area contributed by atoms with Gasteiger partial charge in [0, 0.05) is 36.8 Å². The summed E-state index contributed by atoms with van der Waals surface area (Å²) in [4.78, 5) is 75.5. The molecular weight excluding hydrogens is 756 g/mol. The normalized spacial score (nSPS) is 20.0. The first-order valence-electron chi connectivity index (χ1n) is 16.4. The first-order valence-corrected chi connectivity index (χ1v) is 18.6. The fourth-order valence-corrected chi connectivity index (χ4v) is 8.94. The number of nitrogens with two attached hydrogens (primary N) is 1. The lowest BCUT2D eigenvalue weighted by Crippen LogP contribution is -2.71. The number of carbonyl (C=O) groups excluding carboxylic acids is 2. The number of rotatable bonds is 12. The predicted octanol–water partition coefficient (Wildman–Crippen LogP) is 1.65. The molecule has 2 amide bonds. The van der Waals surface area contributed by atoms with Gasteiger partial charge in [-0.25, -0.2) is 14.6 Å². The third-order valence-corrected chi connectivity index (χ3v) is 11.8. The number of phenolic OH excluding ortho intramolecular Hbond substituents is 2. The van der Waals surface area contributed by atoms with Crippen LogP contribution in [-0.2, 0) is 37.1 Å². The van der Waals surface area contributed by atoms with Gasteiger partial charge >= 0.3 is 11.9 Å². The summed E-state index contributed by atoms with van der Waals surface area (Å²) < 4.78 is 1.84. The number of anilines is 1. The van der Waals surface area contributed by atoms with Crippen LogP contribution in [0.2, 0.25) is 4.34 Å². The Morgan fingerprint density at radius 3 is 2.43 bits per heavy atom. The van der Waals surface area contributed by atoms with Gasteiger partial charge in [-0.1, -0.05) is 28.1 Å². The van der Waals surface area contributed by atoms with Crippen LogP contribution in [0.4, 0.5) is 5.13 Å². The SMILES string of the molecule is CCn1nc(C[N+]2(CC3=C(C(=O)O)N4C(=O)[C@@H](NC(=O)/C(=N\OC(C)(C)C(=O)O)c5nc(N)sc5Cl)C4SC3)CCCC2)c(=O)c2cc(O)c(O)cc21. The van der Waals surface area contributed by atoms with Crippen LogP contribution in [-0.4, -0.2) is 116 Å². The molecule has 2 atom stereocenters. The molecule has 3 aliphatic rings. The van der Waals surface area contributed by atoms with Crippen molar-refractivity contribution < 1.29 is 48.9 Å². The molecule has 1 aromatic carbocycles. The molecule has 0 saturated carbocycles. The van der Waals surface area contributed by atoms with Gasteiger partial charge in [0.2, 0.25) is 11.0 Å². The number of oxime groups is 1. The second-order valence-electron chi connectivity index (χ2n) is 13.4. The number of nitrogens with one attached hydrogen (secondary N) is 1. The standard InChI is InChI=1S/C32H35ClN8O10S2/c1-4-39-17-10-19(43)18(42)9-15(17)24(44)16(37-39)12-41(7-5-6-8-41)11-14-13-52-28-22(27(46)40(28)23(14)29(47)48)35-26(45)21(20-25(33)53-31(34)36-20)38-51-32(2,3)30(49)50/h9-10,22,28H,4-8,11-13H2,1-3H3,(H6-,34,35,36,37,38,42,43,44,45,47,48,49,50)/p+1/t22-,28?/m1/s1. The van der Waals surface area contributed by atoms with Crippen molar-refractivity contribution in [3.8, 4) is 11.5 Å². The third-order valence-electron chi connectivity index (χ3n) is 9.40. The lowest BCUT2D eigenvalue weighted by Gasteiger charge is -2.50. The molecule has 0 radical (unpaired) electrons. The Bertz CT molecular complexity index is 2180. The van der Waals surface area contributed by atoms with Gasteiger partial charge in [0.1, 0.15) is 40.2 Å². The van der Waals surface area contributed by atoms with Crippen molar-refractivity contribution in [1.82, 2.24) is 25.0 Å². The number of aliphatic carboxylic acids is 2. The average molecular weight is 792 g/mol. The molecule has 0 bridgehead atoms. The minimum Gasteiger partial charge on any atom is -0.504 e. The summed E-state index contributed by atoms with van der Waals surface area (Å²) in [7, 11) is 0. The first-order chi connectivity index (χ1) is 25.0. The van der Waals surface area contributed by atoms with E-state index in [2.05, 4.69) is 20.6 Å². The molecule has 282 valence electrons. The number of β-lactam (4-membered cyclic amide) rings is 1. The largest absolute Gasteiger partial charge is 0.504 e. The van der Waals surface area contributed by atoms with E-state index in [1.54, 1.807) is 4.68 Å². The maximum Gasteiger partial charge on any atom is 0.352 e. The average Bonchev–Trinajstić information content (AvgIpc) is 3.70. The molecule has 7 N–H and O–H groups in total. The summed E-state index contributed by atoms with van der Waals surface area (Å²) in [5.74, 6) is -4.99. The summed E-state index contributed by atoms with van der Waals surface area (Å²) >= 11 is 8.32. The van der Waals surface area contributed by atoms with Crippen molar-refractivity contribution in [3.63, 3.8) is 0 Å². The number of halogens is 1. The molecule has 3 aliphatic heterocycles. The molecule has 2 saturated heterocycles. The number of aromatic nitrogens is 3. The zero-order chi connectivity index (χ0) is 38.6. The van der Waals surface area contributed by atoms with Crippen LogP contribution in [0, 0.1) is 0 Å². The first kappa shape index (κ1) is 37.8. The van der Waals surface area contributed by atoms with Crippen LogP contribution < -0.4 is 16.5 Å². The Labute approximate surface area is 314 Å². The number of nitrogens with zero attached hydrogens (tertiary/aromatic N) is 6. The van der Waals surface area contributed by atoms with Gasteiger partial charge < -0.3 is 40.8 Å². The molecule has 1 unspecified atom stereocenters. The number of amides is 2. The molecule has 3 aromatic rings. The van der Waals surface area contributed by atoms with Gasteiger partial charge in [0.05, 0.1) is 24.0 Å². The summed E-state index contributed by atoms with van der Waals surface area (Å²) in [5, 5.41) is 50.3. The number of fused-ring (bicyclic) bond motifs is 2. The summed E-state index contributed by atoms with van der Waals surface area (Å²) in [6.07, 6.45) is 1.64. The lowest BCUT2D eigenvalue weighted by molar-refractivity contribution is -0.925. The minimum atomic E-state index is -1.85. The zero-order valence-corrected chi connectivity index (χ0v) is 31.0. The maximum absolute atomic E-state index is 13.7. The summed E-state index contributed by atoms with van der Waals surface area (Å²) in [5.41, 5.74) is 3.63. The third kappa shape index (κ3) is 6.98. The van der Waals surface area contributed by atoms with Crippen molar-refractivity contribution in [2.45, 2.75) is 63.7 Å². The Morgan fingerprint density at radius 2 is 1.83 bits per heavy atom. The van der Waals surface area contributed by atoms with E-state index in [-0.39, 0.29) is 56.5 Å². The highest BCUT2D eigenvalue weighted by Gasteiger charge is 2.55. The number of carboxylic acids is 2. The molecular formula is C32H36ClN8O10S2+. The number of phenols is 2. The Kier molecular flexibility index (Phi) is 10.1. The van der Waals surface area contributed by atoms with Crippen LogP contribution in [0.5, 0.6) is 11.5 Å². The topological polar surface area (TPSA) is 260 Å². The Balaban J connectivity index is 1.27. The monoisotopic (exact) mass is 791 g/mol. The fraction of sp³-hybridized carbons (Fsp3) is 0.438. The number of nitrogen functional groups attached to an aromatic ring is 1. The molecule has 0 aliphatic carbocycles. The van der Waals surface area contributed by atoms with E-state index in [1.807, 2.05) is 6.92 Å². The van der Waals surface area contributed by atoms with Crippen molar-refractivity contribution >= 4 is 80.2 Å². The van der Waals surface area contributed by atoms with E-state index in [1.165, 1.54) is 37.7 Å². The molecule has 2 fully saturated rings. The number of thioether (sulfide) groups is 1. The molecule has 5 heterocycles. The van der Waals surface area contributed by atoms with Crippen molar-refractivity contribution in [2.24, 2.45) is 5.16 Å². The van der Waals surface area contributed by atoms with Gasteiger partial charge in [0.25, 0.3) is 11.8 Å². The minimum absolute atomic E-state index is 0.00838. The van der Waals surface area contributed by atoms with Crippen LogP contribution in [0.1, 0.15) is 45.0 Å². The molecule has 21 heteroatoms. The van der Waals surface area contributed by atoms with E-state index >= 15 is 0 Å². The van der Waals surface area contributed by atoms with Crippen LogP contribution >= 0.6 is 34.7 Å². The number of carbonyl (C=O) groups is 4. The van der Waals surface area contributed by atoms with Crippen LogP contribution in [0.15, 0.2) is 33.4 Å². The van der Waals surface area contributed by atoms with Crippen molar-refractivity contribution in [1.29, 1.82) is 0 Å². The van der Waals surface area contributed by atoms with Gasteiger partial charge in [-0.2, -0.15) is 5.10 Å². The van der Waals surface area contributed by atoms with E-state index in [0.29, 0.717) is 35.2 Å². The fourth-order valence-electron chi connectivity index (χ4n) is 6.68. The summed E-state index contributed by atoms with van der Waals surface area (Å²) in [6, 6.07) is 1.32. The number of thiazole rings is 1. The number of hydrogen-bond acceptors (Lipinski definition) is 14. The number of benzene rings is 1. The van der Waals surface area contributed by atoms with Crippen molar-refractivity contribution in [2.75, 3.05) is 31.1 Å². The van der Waals surface area contributed by atoms with Gasteiger partial charge in [0.15, 0.2) is 28.0 Å². The van der Waals surface area contributed by atoms with Crippen LogP contribution in [0.3, 0.4) is 0 Å². The van der Waals surface area contributed by atoms with E-state index in [9.17, 15) is 44.4 Å². The number of quaternary nitrogens is 1. The highest BCUT2D eigenvalue weighted by Crippen LogP contribution is 2.42. The second-order valence-corrected chi connectivity index (χ2v) is 16.1. The second kappa shape index (κ2) is 14.1. The van der Waals surface area contributed by atoms with E-state index in [4.69, 9.17) is 22.2 Å². The summed E-state index contributed by atoms with van der Waals surface area (Å²) in [6.45, 7) is 6.24. The number of aryl methyl sites for hydroxylation is 1. The number of likely N-dealkylation sites (tertiary alicyclic amines) is 1. The highest BCUT2D eigenvalue weighted by atomic mass is 35.5. The predicted molar refractivity (Wildman–Crippen MR) is 193 cm³/mol. The molecule has 0 spiro atoms. The Morgan fingerprint density at radius 1 is 1.15 bits per heavy atom. The highest BCUT2D eigenvalue weighted by molar-refractivity contribution is 8.00. The van der Waals surface area contributed by atoms with E-state index < -0.39 is 57.7 Å². The molecule has 2 aromatic heterocycles. The maximum atomic E-state index is 13.7. The smallest absolute Gasteiger partial charge is 0.352 e. The molecule has 18 nitrogen and oxygen atoms in total. The number of hydrogen-bond donors (Lipinski definition) is 6. The van der Waals surface area contributed by atoms with E-state index in [0.717, 1.165) is 29.1 Å². The number of aromatic hydroxyl groups is 2. The van der Waals surface area contributed by atoms with Crippen LogP contribution in [0.25, 0.3) is 10.9 Å². The quantitative estimate of drug-likeness (QED) is 0.0501. The van der Waals surface area contributed by atoms with Gasteiger partial charge in [-0.05, 0) is 26.8 Å². The molecule has 6 rings (SSSR count). The zero-order valence-electron chi connectivity index (χ0n) is 28.7. The van der Waals surface area contributed by atoms with Gasteiger partial charge in [-0.3, -0.25) is 24.0 Å². The van der Waals surface area contributed by atoms with Crippen molar-refractivity contribution in [3.05, 3.63) is 49.4 Å². The Hall–Kier alpha value is -4.92. The number of carboxylic acid groups (broad SMARTS) is 2.